The maximum atomic E-state index is 12.6. The molecule has 2 aromatic rings. The zero-order valence-corrected chi connectivity index (χ0v) is 16.9. The maximum absolute atomic E-state index is 12.6. The van der Waals surface area contributed by atoms with Gasteiger partial charge in [-0.05, 0) is 48.6 Å². The van der Waals surface area contributed by atoms with Crippen LogP contribution >= 0.6 is 47.2 Å². The fourth-order valence-electron chi connectivity index (χ4n) is 2.23. The predicted molar refractivity (Wildman–Crippen MR) is 112 cm³/mol. The molecule has 3 rings (SSSR count). The van der Waals surface area contributed by atoms with Crippen LogP contribution in [0.15, 0.2) is 47.4 Å². The SMILES string of the molecule is O=C(NN1C(=O)/C(=C/c2cc([N+](=O)[O-])ccc2Cl)SC1=S)c1ccc(Cl)cc1. The van der Waals surface area contributed by atoms with Crippen molar-refractivity contribution >= 4 is 75.1 Å². The number of amides is 2. The van der Waals surface area contributed by atoms with Crippen LogP contribution < -0.4 is 5.43 Å². The van der Waals surface area contributed by atoms with Crippen molar-refractivity contribution in [2.45, 2.75) is 0 Å². The van der Waals surface area contributed by atoms with Crippen LogP contribution in [0, 0.1) is 10.1 Å². The summed E-state index contributed by atoms with van der Waals surface area (Å²) in [7, 11) is 0. The number of thiocarbonyl (C=S) groups is 1. The Labute approximate surface area is 178 Å². The minimum absolute atomic E-state index is 0.111. The van der Waals surface area contributed by atoms with Gasteiger partial charge >= 0.3 is 0 Å². The minimum atomic E-state index is -0.570. The van der Waals surface area contributed by atoms with Gasteiger partial charge < -0.3 is 0 Å². The van der Waals surface area contributed by atoms with E-state index in [0.29, 0.717) is 16.1 Å². The van der Waals surface area contributed by atoms with Crippen LogP contribution in [0.1, 0.15) is 15.9 Å². The van der Waals surface area contributed by atoms with Crippen LogP contribution in [0.2, 0.25) is 10.0 Å². The topological polar surface area (TPSA) is 92.6 Å². The third-order valence-corrected chi connectivity index (χ3v) is 5.49. The molecular formula is C17H9Cl2N3O4S2. The van der Waals surface area contributed by atoms with E-state index in [-0.39, 0.29) is 19.9 Å². The number of hydrogen-bond acceptors (Lipinski definition) is 6. The van der Waals surface area contributed by atoms with E-state index in [4.69, 9.17) is 35.4 Å². The third kappa shape index (κ3) is 4.33. The summed E-state index contributed by atoms with van der Waals surface area (Å²) in [5.41, 5.74) is 2.85. The highest BCUT2D eigenvalue weighted by Gasteiger charge is 2.34. The summed E-state index contributed by atoms with van der Waals surface area (Å²) in [5, 5.41) is 12.6. The first kappa shape index (κ1) is 20.3. The van der Waals surface area contributed by atoms with Crippen LogP contribution in [-0.4, -0.2) is 26.1 Å². The van der Waals surface area contributed by atoms with Gasteiger partial charge in [-0.3, -0.25) is 25.1 Å². The molecule has 0 spiro atoms. The van der Waals surface area contributed by atoms with Gasteiger partial charge in [-0.25, -0.2) is 0 Å². The van der Waals surface area contributed by atoms with E-state index in [9.17, 15) is 19.7 Å². The van der Waals surface area contributed by atoms with Gasteiger partial charge in [-0.1, -0.05) is 35.0 Å². The summed E-state index contributed by atoms with van der Waals surface area (Å²) in [6.07, 6.45) is 1.39. The molecule has 11 heteroatoms. The number of nitrogens with one attached hydrogen (secondary N) is 1. The zero-order chi connectivity index (χ0) is 20.4. The molecule has 1 heterocycles. The number of hydrogen-bond donors (Lipinski definition) is 1. The molecule has 1 aliphatic heterocycles. The molecule has 0 aliphatic carbocycles. The highest BCUT2D eigenvalue weighted by molar-refractivity contribution is 8.26. The van der Waals surface area contributed by atoms with Crippen molar-refractivity contribution in [3.63, 3.8) is 0 Å². The number of nitro benzene ring substituents is 1. The molecule has 142 valence electrons. The van der Waals surface area contributed by atoms with Gasteiger partial charge in [-0.15, -0.1) is 0 Å². The Bertz CT molecular complexity index is 1040. The smallest absolute Gasteiger partial charge is 0.267 e. The van der Waals surface area contributed by atoms with Crippen molar-refractivity contribution in [1.29, 1.82) is 0 Å². The average Bonchev–Trinajstić information content (AvgIpc) is 2.91. The highest BCUT2D eigenvalue weighted by Crippen LogP contribution is 2.33. The monoisotopic (exact) mass is 453 g/mol. The normalized spacial score (nSPS) is 15.2. The number of non-ortho nitro benzene ring substituents is 1. The Morgan fingerprint density at radius 3 is 2.54 bits per heavy atom. The van der Waals surface area contributed by atoms with Crippen LogP contribution in [-0.2, 0) is 4.79 Å². The van der Waals surface area contributed by atoms with Crippen molar-refractivity contribution in [3.8, 4) is 0 Å². The van der Waals surface area contributed by atoms with Crippen LogP contribution in [0.25, 0.3) is 6.08 Å². The number of nitro groups is 1. The maximum Gasteiger partial charge on any atom is 0.285 e. The van der Waals surface area contributed by atoms with Crippen molar-refractivity contribution in [3.05, 3.63) is 78.7 Å². The number of halogens is 2. The molecular weight excluding hydrogens is 445 g/mol. The van der Waals surface area contributed by atoms with E-state index in [2.05, 4.69) is 5.43 Å². The van der Waals surface area contributed by atoms with Crippen molar-refractivity contribution in [1.82, 2.24) is 10.4 Å². The largest absolute Gasteiger partial charge is 0.285 e. The van der Waals surface area contributed by atoms with Crippen LogP contribution in [0.5, 0.6) is 0 Å². The number of hydrazine groups is 1. The summed E-state index contributed by atoms with van der Waals surface area (Å²) in [4.78, 5) is 35.5. The second kappa shape index (κ2) is 8.27. The number of thioether (sulfide) groups is 1. The fourth-order valence-corrected chi connectivity index (χ4v) is 3.70. The highest BCUT2D eigenvalue weighted by atomic mass is 35.5. The fraction of sp³-hybridized carbons (Fsp3) is 0. The number of nitrogens with zero attached hydrogens (tertiary/aromatic N) is 2. The van der Waals surface area contributed by atoms with E-state index >= 15 is 0 Å². The Morgan fingerprint density at radius 1 is 1.21 bits per heavy atom. The van der Waals surface area contributed by atoms with Gasteiger partial charge in [0, 0.05) is 33.3 Å². The first-order valence-corrected chi connectivity index (χ1v) is 9.53. The molecule has 0 saturated carbocycles. The lowest BCUT2D eigenvalue weighted by atomic mass is 10.2. The molecule has 0 radical (unpaired) electrons. The summed E-state index contributed by atoms with van der Waals surface area (Å²) in [6, 6.07) is 9.99. The molecule has 0 atom stereocenters. The summed E-state index contributed by atoms with van der Waals surface area (Å²) in [6.45, 7) is 0. The van der Waals surface area contributed by atoms with Crippen molar-refractivity contribution < 1.29 is 14.5 Å². The molecule has 0 aromatic heterocycles. The third-order valence-electron chi connectivity index (χ3n) is 3.59. The van der Waals surface area contributed by atoms with E-state index in [1.165, 1.54) is 36.4 Å². The standard InChI is InChI=1S/C17H9Cl2N3O4S2/c18-11-3-1-9(2-4-11)15(23)20-21-16(24)14(28-17(21)27)8-10-7-12(22(25)26)5-6-13(10)19/h1-8H,(H,20,23)/b14-8-. The lowest BCUT2D eigenvalue weighted by Crippen LogP contribution is -2.44. The first-order chi connectivity index (χ1) is 13.3. The van der Waals surface area contributed by atoms with E-state index in [1.807, 2.05) is 0 Å². The Hall–Kier alpha value is -2.46. The molecule has 1 aliphatic rings. The Kier molecular flexibility index (Phi) is 5.99. The van der Waals surface area contributed by atoms with Gasteiger partial charge in [-0.2, -0.15) is 5.01 Å². The Balaban J connectivity index is 1.82. The van der Waals surface area contributed by atoms with E-state index < -0.39 is 16.7 Å². The molecule has 2 aromatic carbocycles. The van der Waals surface area contributed by atoms with Crippen molar-refractivity contribution in [2.24, 2.45) is 0 Å². The molecule has 1 N–H and O–H groups in total. The predicted octanol–water partition coefficient (Wildman–Crippen LogP) is 4.45. The lowest BCUT2D eigenvalue weighted by Gasteiger charge is -2.15. The molecule has 1 saturated heterocycles. The molecule has 0 unspecified atom stereocenters. The van der Waals surface area contributed by atoms with E-state index in [0.717, 1.165) is 16.8 Å². The molecule has 2 amide bonds. The van der Waals surface area contributed by atoms with Gasteiger partial charge in [0.05, 0.1) is 9.83 Å². The second-order valence-corrected chi connectivity index (χ2v) is 7.95. The van der Waals surface area contributed by atoms with Crippen molar-refractivity contribution in [2.75, 3.05) is 0 Å². The zero-order valence-electron chi connectivity index (χ0n) is 13.7. The summed E-state index contributed by atoms with van der Waals surface area (Å²) in [5.74, 6) is -1.11. The Morgan fingerprint density at radius 2 is 1.89 bits per heavy atom. The van der Waals surface area contributed by atoms with Crippen LogP contribution in [0.4, 0.5) is 5.69 Å². The van der Waals surface area contributed by atoms with Gasteiger partial charge in [0.15, 0.2) is 4.32 Å². The van der Waals surface area contributed by atoms with Gasteiger partial charge in [0.2, 0.25) is 0 Å². The van der Waals surface area contributed by atoms with Crippen LogP contribution in [0.3, 0.4) is 0 Å². The quantitative estimate of drug-likeness (QED) is 0.318. The summed E-state index contributed by atoms with van der Waals surface area (Å²) >= 11 is 17.9. The summed E-state index contributed by atoms with van der Waals surface area (Å²) < 4.78 is 0.111. The number of carbonyl (C=O) groups excluding carboxylic acids is 2. The van der Waals surface area contributed by atoms with Gasteiger partial charge in [0.1, 0.15) is 0 Å². The molecule has 7 nitrogen and oxygen atoms in total. The first-order valence-electron chi connectivity index (χ1n) is 7.54. The average molecular weight is 454 g/mol. The molecule has 28 heavy (non-hydrogen) atoms. The molecule has 0 bridgehead atoms. The number of rotatable bonds is 4. The number of benzene rings is 2. The van der Waals surface area contributed by atoms with Gasteiger partial charge in [0.25, 0.3) is 17.5 Å². The molecule has 1 fully saturated rings. The minimum Gasteiger partial charge on any atom is -0.267 e. The van der Waals surface area contributed by atoms with E-state index in [1.54, 1.807) is 12.1 Å². The lowest BCUT2D eigenvalue weighted by molar-refractivity contribution is -0.384. The second-order valence-electron chi connectivity index (χ2n) is 5.43. The number of carbonyl (C=O) groups is 2.